The largest absolute Gasteiger partial charge is 0.226 e. The van der Waals surface area contributed by atoms with Gasteiger partial charge in [0.25, 0.3) is 0 Å². The van der Waals surface area contributed by atoms with Gasteiger partial charge in [0, 0.05) is 52.5 Å². The zero-order valence-electron chi connectivity index (χ0n) is 30.1. The normalized spacial score (nSPS) is 12.9. The van der Waals surface area contributed by atoms with Gasteiger partial charge in [-0.2, -0.15) is 0 Å². The van der Waals surface area contributed by atoms with E-state index in [1.165, 1.54) is 10.3 Å². The van der Waals surface area contributed by atoms with E-state index in [-0.39, 0.29) is 0 Å². The number of allylic oxidation sites excluding steroid dienone is 4. The van der Waals surface area contributed by atoms with Crippen molar-refractivity contribution in [3.05, 3.63) is 170 Å². The van der Waals surface area contributed by atoms with E-state index in [0.717, 1.165) is 93.5 Å². The molecular weight excluding hydrogens is 723 g/mol. The highest BCUT2D eigenvalue weighted by atomic mass is 32.1. The zero-order chi connectivity index (χ0) is 37.0. The van der Waals surface area contributed by atoms with Crippen molar-refractivity contribution in [1.29, 1.82) is 0 Å². The summed E-state index contributed by atoms with van der Waals surface area (Å²) < 4.78 is 4.63. The molecule has 0 N–H and O–H groups in total. The number of aromatic nitrogens is 5. The molecule has 4 heterocycles. The molecule has 1 aliphatic carbocycles. The van der Waals surface area contributed by atoms with Crippen LogP contribution in [0.15, 0.2) is 164 Å². The summed E-state index contributed by atoms with van der Waals surface area (Å²) in [6, 6.07) is 50.5. The van der Waals surface area contributed by atoms with Crippen molar-refractivity contribution in [1.82, 2.24) is 24.9 Å². The second kappa shape index (κ2) is 13.6. The maximum Gasteiger partial charge on any atom is 0.165 e. The molecule has 0 amide bonds. The average molecular weight is 754 g/mol. The van der Waals surface area contributed by atoms with Gasteiger partial charge in [-0.25, -0.2) is 24.9 Å². The van der Waals surface area contributed by atoms with E-state index in [0.29, 0.717) is 17.5 Å². The number of hydrogen-bond donors (Lipinski definition) is 0. The number of nitrogens with zero attached hydrogens (tertiary/aromatic N) is 5. The lowest BCUT2D eigenvalue weighted by Gasteiger charge is -2.11. The Kier molecular flexibility index (Phi) is 7.93. The lowest BCUT2D eigenvalue weighted by molar-refractivity contribution is 1.04. The maximum atomic E-state index is 5.37. The third-order valence-corrected chi connectivity index (χ3v) is 12.8. The van der Waals surface area contributed by atoms with Gasteiger partial charge in [-0.3, -0.25) is 0 Å². The van der Waals surface area contributed by atoms with Crippen LogP contribution in [0.1, 0.15) is 18.5 Å². The molecule has 56 heavy (non-hydrogen) atoms. The molecule has 5 nitrogen and oxygen atoms in total. The number of fused-ring (bicyclic) bond motifs is 6. The van der Waals surface area contributed by atoms with Gasteiger partial charge in [0.15, 0.2) is 23.3 Å². The number of thiophene rings is 2. The van der Waals surface area contributed by atoms with Crippen LogP contribution in [0.5, 0.6) is 0 Å². The van der Waals surface area contributed by atoms with Gasteiger partial charge < -0.3 is 0 Å². The van der Waals surface area contributed by atoms with E-state index in [1.54, 1.807) is 22.7 Å². The van der Waals surface area contributed by atoms with Gasteiger partial charge >= 0.3 is 0 Å². The first-order valence-corrected chi connectivity index (χ1v) is 20.4. The Balaban J connectivity index is 1.10. The molecule has 0 radical (unpaired) electrons. The first kappa shape index (κ1) is 32.7. The van der Waals surface area contributed by atoms with Crippen molar-refractivity contribution in [2.75, 3.05) is 0 Å². The summed E-state index contributed by atoms with van der Waals surface area (Å²) in [6.07, 6.45) is 8.84. The molecule has 264 valence electrons. The fourth-order valence-electron chi connectivity index (χ4n) is 7.69. The summed E-state index contributed by atoms with van der Waals surface area (Å²) in [7, 11) is 0. The minimum absolute atomic E-state index is 0.635. The molecule has 11 rings (SSSR count). The van der Waals surface area contributed by atoms with Gasteiger partial charge in [0.2, 0.25) is 0 Å². The van der Waals surface area contributed by atoms with E-state index in [4.69, 9.17) is 24.9 Å². The Bertz CT molecular complexity index is 3180. The quantitative estimate of drug-likeness (QED) is 0.169. The third kappa shape index (κ3) is 5.63. The Morgan fingerprint density at radius 1 is 0.411 bits per heavy atom. The van der Waals surface area contributed by atoms with E-state index >= 15 is 0 Å². The van der Waals surface area contributed by atoms with Crippen LogP contribution in [0.2, 0.25) is 0 Å². The van der Waals surface area contributed by atoms with Gasteiger partial charge in [0.05, 0.1) is 15.9 Å². The smallest absolute Gasteiger partial charge is 0.165 e. The monoisotopic (exact) mass is 753 g/mol. The van der Waals surface area contributed by atoms with Crippen molar-refractivity contribution in [3.8, 4) is 56.7 Å². The van der Waals surface area contributed by atoms with Crippen LogP contribution in [0, 0.1) is 0 Å². The Morgan fingerprint density at radius 2 is 1.00 bits per heavy atom. The Hall–Kier alpha value is -6.67. The highest BCUT2D eigenvalue weighted by Crippen LogP contribution is 2.45. The highest BCUT2D eigenvalue weighted by molar-refractivity contribution is 7.26. The predicted octanol–water partition coefficient (Wildman–Crippen LogP) is 13.5. The van der Waals surface area contributed by atoms with Crippen LogP contribution in [-0.4, -0.2) is 24.9 Å². The maximum absolute atomic E-state index is 5.37. The van der Waals surface area contributed by atoms with Crippen molar-refractivity contribution >= 4 is 68.7 Å². The van der Waals surface area contributed by atoms with Crippen LogP contribution in [0.25, 0.3) is 103 Å². The molecule has 0 unspecified atom stereocenters. The highest BCUT2D eigenvalue weighted by Gasteiger charge is 2.22. The van der Waals surface area contributed by atoms with Gasteiger partial charge in [0.1, 0.15) is 0 Å². The molecule has 1 aliphatic rings. The SMILES string of the molecule is C1=CC(c2nc(-c3cccc4sc5c(-c6nc(-c7ccccc7)nc(-c7ccc(-c8ccccc8)cc7)n6)cccc5c34)nc3c2sc2ccccc23)=CCC1. The second-order valence-corrected chi connectivity index (χ2v) is 16.0. The molecule has 0 saturated heterocycles. The molecule has 4 aromatic heterocycles. The van der Waals surface area contributed by atoms with Gasteiger partial charge in [-0.05, 0) is 47.7 Å². The Morgan fingerprint density at radius 3 is 1.79 bits per heavy atom. The molecule has 0 saturated carbocycles. The lowest BCUT2D eigenvalue weighted by atomic mass is 10.0. The molecule has 0 bridgehead atoms. The number of benzene rings is 6. The Labute approximate surface area is 331 Å². The molecule has 10 aromatic rings. The summed E-state index contributed by atoms with van der Waals surface area (Å²) in [4.78, 5) is 26.0. The van der Waals surface area contributed by atoms with Gasteiger partial charge in [-0.1, -0.05) is 146 Å². The van der Waals surface area contributed by atoms with Crippen molar-refractivity contribution in [3.63, 3.8) is 0 Å². The van der Waals surface area contributed by atoms with E-state index in [2.05, 4.69) is 140 Å². The molecule has 7 heteroatoms. The average Bonchev–Trinajstić information content (AvgIpc) is 3.86. The summed E-state index contributed by atoms with van der Waals surface area (Å²) in [6.45, 7) is 0. The summed E-state index contributed by atoms with van der Waals surface area (Å²) in [5.41, 5.74) is 9.35. The molecule has 0 aliphatic heterocycles. The van der Waals surface area contributed by atoms with Crippen molar-refractivity contribution in [2.24, 2.45) is 0 Å². The minimum Gasteiger partial charge on any atom is -0.226 e. The van der Waals surface area contributed by atoms with Crippen molar-refractivity contribution < 1.29 is 0 Å². The minimum atomic E-state index is 0.635. The van der Waals surface area contributed by atoms with Crippen LogP contribution in [0.3, 0.4) is 0 Å². The first-order valence-electron chi connectivity index (χ1n) is 18.7. The predicted molar refractivity (Wildman–Crippen MR) is 235 cm³/mol. The molecular formula is C49H31N5S2. The topological polar surface area (TPSA) is 64.5 Å². The van der Waals surface area contributed by atoms with Crippen LogP contribution in [0.4, 0.5) is 0 Å². The lowest BCUT2D eigenvalue weighted by Crippen LogP contribution is -2.00. The second-order valence-electron chi connectivity index (χ2n) is 13.9. The first-order chi connectivity index (χ1) is 27.7. The summed E-state index contributed by atoms with van der Waals surface area (Å²) in [5, 5.41) is 3.43. The van der Waals surface area contributed by atoms with Gasteiger partial charge in [-0.15, -0.1) is 22.7 Å². The third-order valence-electron chi connectivity index (χ3n) is 10.4. The van der Waals surface area contributed by atoms with Crippen molar-refractivity contribution in [2.45, 2.75) is 12.8 Å². The van der Waals surface area contributed by atoms with E-state index < -0.39 is 0 Å². The fourth-order valence-corrected chi connectivity index (χ4v) is 10.1. The zero-order valence-corrected chi connectivity index (χ0v) is 31.7. The molecule has 0 atom stereocenters. The number of rotatable bonds is 6. The van der Waals surface area contributed by atoms with Crippen LogP contribution >= 0.6 is 22.7 Å². The fraction of sp³-hybridized carbons (Fsp3) is 0.0408. The molecule has 0 fully saturated rings. The summed E-state index contributed by atoms with van der Waals surface area (Å²) >= 11 is 3.53. The summed E-state index contributed by atoms with van der Waals surface area (Å²) in [5.74, 6) is 2.65. The molecule has 0 spiro atoms. The number of hydrogen-bond acceptors (Lipinski definition) is 7. The van der Waals surface area contributed by atoms with Crippen LogP contribution < -0.4 is 0 Å². The standard InChI is InChI=1S/C49H31N5S2/c1-4-14-30(15-5-1)31-26-28-34(29-27-31)47-52-46(33-18-8-3-9-19-33)53-49(54-47)38-23-12-21-36-41-37(22-13-25-40(41)56-44(36)38)48-50-42(32-16-6-2-7-17-32)45-43(51-48)35-20-10-11-24-39(35)55-45/h1,3-6,8-29H,2,7H2. The van der Waals surface area contributed by atoms with Crippen LogP contribution in [-0.2, 0) is 0 Å². The van der Waals surface area contributed by atoms with E-state index in [1.807, 2.05) is 24.3 Å². The molecule has 6 aromatic carbocycles. The van der Waals surface area contributed by atoms with E-state index in [9.17, 15) is 0 Å².